The molecule has 0 saturated heterocycles. The average molecular weight is 337 g/mol. The first-order valence-electron chi connectivity index (χ1n) is 8.32. The Morgan fingerprint density at radius 2 is 1.72 bits per heavy atom. The van der Waals surface area contributed by atoms with Crippen LogP contribution in [0.3, 0.4) is 0 Å². The van der Waals surface area contributed by atoms with E-state index in [2.05, 4.69) is 0 Å². The largest absolute Gasteiger partial charge is 0.372 e. The molecule has 0 bridgehead atoms. The lowest BCUT2D eigenvalue weighted by atomic mass is 9.85. The van der Waals surface area contributed by atoms with E-state index in [0.717, 1.165) is 11.1 Å². The molecule has 0 aromatic heterocycles. The summed E-state index contributed by atoms with van der Waals surface area (Å²) in [5.41, 5.74) is -1.36. The van der Waals surface area contributed by atoms with Crippen LogP contribution in [0.2, 0.25) is 0 Å². The van der Waals surface area contributed by atoms with Crippen molar-refractivity contribution in [3.63, 3.8) is 0 Å². The molecule has 2 N–H and O–H groups in total. The molecule has 5 nitrogen and oxygen atoms in total. The number of amides is 1. The summed E-state index contributed by atoms with van der Waals surface area (Å²) in [5.74, 6) is -0.936. The highest BCUT2D eigenvalue weighted by Gasteiger charge is 2.72. The highest BCUT2D eigenvalue weighted by atomic mass is 16.4. The molecule has 0 spiro atoms. The molecule has 25 heavy (non-hydrogen) atoms. The molecular formula is C20H19NO4. The van der Waals surface area contributed by atoms with Gasteiger partial charge in [0.05, 0.1) is 5.69 Å². The molecule has 128 valence electrons. The van der Waals surface area contributed by atoms with Gasteiger partial charge >= 0.3 is 0 Å². The lowest BCUT2D eigenvalue weighted by Gasteiger charge is -2.37. The van der Waals surface area contributed by atoms with E-state index in [1.807, 2.05) is 13.8 Å². The topological polar surface area (TPSA) is 77.8 Å². The molecule has 0 fully saturated rings. The van der Waals surface area contributed by atoms with Gasteiger partial charge in [0, 0.05) is 23.1 Å². The number of benzene rings is 2. The van der Waals surface area contributed by atoms with Crippen LogP contribution in [0.4, 0.5) is 5.69 Å². The monoisotopic (exact) mass is 337 g/mol. The first kappa shape index (κ1) is 16.0. The van der Waals surface area contributed by atoms with Crippen molar-refractivity contribution in [1.29, 1.82) is 0 Å². The Balaban J connectivity index is 2.13. The Labute approximate surface area is 145 Å². The number of rotatable bonds is 1. The fourth-order valence-electron chi connectivity index (χ4n) is 4.05. The summed E-state index contributed by atoms with van der Waals surface area (Å²) in [7, 11) is 0. The van der Waals surface area contributed by atoms with Crippen LogP contribution in [0.15, 0.2) is 36.4 Å². The summed E-state index contributed by atoms with van der Waals surface area (Å²) < 4.78 is 0. The van der Waals surface area contributed by atoms with Crippen LogP contribution >= 0.6 is 0 Å². The van der Waals surface area contributed by atoms with E-state index in [1.54, 1.807) is 43.3 Å². The highest BCUT2D eigenvalue weighted by molar-refractivity contribution is 6.15. The second-order valence-corrected chi connectivity index (χ2v) is 6.79. The van der Waals surface area contributed by atoms with Crippen molar-refractivity contribution in [2.24, 2.45) is 0 Å². The molecule has 1 amide bonds. The van der Waals surface area contributed by atoms with Crippen LogP contribution < -0.4 is 4.90 Å². The Bertz CT molecular complexity index is 951. The summed E-state index contributed by atoms with van der Waals surface area (Å²) in [5, 5.41) is 23.1. The molecule has 2 atom stereocenters. The normalized spacial score (nSPS) is 26.4. The zero-order valence-electron chi connectivity index (χ0n) is 14.3. The number of anilines is 1. The summed E-state index contributed by atoms with van der Waals surface area (Å²) in [6.07, 6.45) is 0.140. The lowest BCUT2D eigenvalue weighted by molar-refractivity contribution is -0.140. The molecule has 2 aromatic carbocycles. The van der Waals surface area contributed by atoms with Crippen molar-refractivity contribution in [2.45, 2.75) is 38.5 Å². The zero-order valence-corrected chi connectivity index (χ0v) is 14.3. The van der Waals surface area contributed by atoms with Gasteiger partial charge in [0.1, 0.15) is 0 Å². The number of fused-ring (bicyclic) bond motifs is 5. The first-order valence-corrected chi connectivity index (χ1v) is 8.32. The van der Waals surface area contributed by atoms with E-state index < -0.39 is 17.1 Å². The van der Waals surface area contributed by atoms with Crippen molar-refractivity contribution < 1.29 is 19.8 Å². The van der Waals surface area contributed by atoms with Gasteiger partial charge in [-0.15, -0.1) is 0 Å². The molecule has 1 heterocycles. The molecule has 2 aromatic rings. The number of carbonyl (C=O) groups is 2. The minimum absolute atomic E-state index is 0.140. The first-order chi connectivity index (χ1) is 11.8. The van der Waals surface area contributed by atoms with Gasteiger partial charge in [-0.05, 0) is 31.0 Å². The third-order valence-electron chi connectivity index (χ3n) is 5.50. The number of aryl methyl sites for hydroxylation is 2. The lowest BCUT2D eigenvalue weighted by Crippen LogP contribution is -2.56. The third-order valence-corrected chi connectivity index (χ3v) is 5.50. The van der Waals surface area contributed by atoms with Gasteiger partial charge in [-0.1, -0.05) is 37.3 Å². The predicted octanol–water partition coefficient (Wildman–Crippen LogP) is 2.29. The quantitative estimate of drug-likeness (QED) is 0.837. The maximum Gasteiger partial charge on any atom is 0.229 e. The number of carbonyl (C=O) groups excluding carboxylic acids is 2. The maximum absolute atomic E-state index is 13.1. The summed E-state index contributed by atoms with van der Waals surface area (Å²) in [6, 6.07) is 9.97. The van der Waals surface area contributed by atoms with Crippen LogP contribution in [0.5, 0.6) is 0 Å². The van der Waals surface area contributed by atoms with E-state index in [4.69, 9.17) is 0 Å². The molecule has 1 aliphatic heterocycles. The molecule has 5 heteroatoms. The zero-order chi connectivity index (χ0) is 18.1. The number of hydrogen-bond donors (Lipinski definition) is 2. The Kier molecular flexibility index (Phi) is 3.05. The van der Waals surface area contributed by atoms with Crippen LogP contribution in [-0.2, 0) is 16.1 Å². The number of aliphatic hydroxyl groups is 2. The van der Waals surface area contributed by atoms with Gasteiger partial charge in [0.25, 0.3) is 0 Å². The van der Waals surface area contributed by atoms with Crippen LogP contribution in [0.1, 0.15) is 46.0 Å². The Morgan fingerprint density at radius 1 is 1.08 bits per heavy atom. The van der Waals surface area contributed by atoms with Crippen LogP contribution in [-0.4, -0.2) is 21.9 Å². The van der Waals surface area contributed by atoms with Crippen molar-refractivity contribution >= 4 is 17.4 Å². The molecule has 0 saturated carbocycles. The molecule has 2 aliphatic rings. The van der Waals surface area contributed by atoms with E-state index in [1.165, 1.54) is 4.90 Å². The smallest absolute Gasteiger partial charge is 0.229 e. The second kappa shape index (κ2) is 4.77. The Hall–Kier alpha value is -2.50. The standard InChI is InChI=1S/C20H19NO4/c1-4-17(22)21-16-10-12(3)11(2)9-15(16)19(24)18(23)13-7-5-6-8-14(13)20(19,21)25/h5-10,24-25H,4H2,1-3H3. The summed E-state index contributed by atoms with van der Waals surface area (Å²) in [4.78, 5) is 27.0. The maximum atomic E-state index is 13.1. The van der Waals surface area contributed by atoms with Gasteiger partial charge in [-0.25, -0.2) is 0 Å². The van der Waals surface area contributed by atoms with Gasteiger partial charge in [-0.3, -0.25) is 14.5 Å². The third kappa shape index (κ3) is 1.60. The molecule has 1 aliphatic carbocycles. The number of hydrogen-bond acceptors (Lipinski definition) is 4. The van der Waals surface area contributed by atoms with E-state index >= 15 is 0 Å². The number of ketones is 1. The predicted molar refractivity (Wildman–Crippen MR) is 92.3 cm³/mol. The van der Waals surface area contributed by atoms with Crippen molar-refractivity contribution in [2.75, 3.05) is 4.90 Å². The fraction of sp³-hybridized carbons (Fsp3) is 0.300. The number of Topliss-reactive ketones (excluding diaryl/α,β-unsaturated/α-hetero) is 1. The van der Waals surface area contributed by atoms with E-state index in [-0.39, 0.29) is 29.0 Å². The van der Waals surface area contributed by atoms with Crippen LogP contribution in [0, 0.1) is 13.8 Å². The molecule has 4 rings (SSSR count). The molecule has 0 radical (unpaired) electrons. The van der Waals surface area contributed by atoms with Gasteiger partial charge < -0.3 is 10.2 Å². The van der Waals surface area contributed by atoms with Crippen molar-refractivity contribution in [1.82, 2.24) is 0 Å². The van der Waals surface area contributed by atoms with Gasteiger partial charge in [0.2, 0.25) is 23.0 Å². The second-order valence-electron chi connectivity index (χ2n) is 6.79. The SMILES string of the molecule is CCC(=O)N1c2cc(C)c(C)cc2C2(O)C(=O)c3ccccc3C12O. The summed E-state index contributed by atoms with van der Waals surface area (Å²) in [6.45, 7) is 5.45. The minimum Gasteiger partial charge on any atom is -0.372 e. The van der Waals surface area contributed by atoms with Gasteiger partial charge in [-0.2, -0.15) is 0 Å². The Morgan fingerprint density at radius 3 is 2.40 bits per heavy atom. The summed E-state index contributed by atoms with van der Waals surface area (Å²) >= 11 is 0. The number of nitrogens with zero attached hydrogens (tertiary/aromatic N) is 1. The highest BCUT2D eigenvalue weighted by Crippen LogP contribution is 2.60. The van der Waals surface area contributed by atoms with E-state index in [0.29, 0.717) is 5.69 Å². The van der Waals surface area contributed by atoms with Crippen molar-refractivity contribution in [3.05, 3.63) is 64.2 Å². The molecule has 2 unspecified atom stereocenters. The molecular weight excluding hydrogens is 318 g/mol. The van der Waals surface area contributed by atoms with E-state index in [9.17, 15) is 19.8 Å². The van der Waals surface area contributed by atoms with Crippen molar-refractivity contribution in [3.8, 4) is 0 Å². The fourth-order valence-corrected chi connectivity index (χ4v) is 4.05. The average Bonchev–Trinajstić information content (AvgIpc) is 2.90. The van der Waals surface area contributed by atoms with Gasteiger partial charge in [0.15, 0.2) is 0 Å². The van der Waals surface area contributed by atoms with Crippen LogP contribution in [0.25, 0.3) is 0 Å². The minimum atomic E-state index is -2.20.